The summed E-state index contributed by atoms with van der Waals surface area (Å²) in [4.78, 5) is 32.2. The fraction of sp³-hybridized carbons (Fsp3) is 0.280. The Morgan fingerprint density at radius 2 is 1.74 bits per heavy atom. The Labute approximate surface area is 200 Å². The third-order valence-electron chi connectivity index (χ3n) is 5.96. The van der Waals surface area contributed by atoms with Crippen LogP contribution in [0.25, 0.3) is 28.0 Å². The van der Waals surface area contributed by atoms with Crippen LogP contribution in [0, 0.1) is 0 Å². The minimum Gasteiger partial charge on any atom is -0.493 e. The van der Waals surface area contributed by atoms with Crippen molar-refractivity contribution < 1.29 is 23.5 Å². The summed E-state index contributed by atoms with van der Waals surface area (Å²) in [6, 6.07) is 12.5. The summed E-state index contributed by atoms with van der Waals surface area (Å²) in [6.45, 7) is 2.95. The van der Waals surface area contributed by atoms with E-state index in [1.807, 2.05) is 19.1 Å². The predicted octanol–water partition coefficient (Wildman–Crippen LogP) is 2.98. The average molecular weight is 476 g/mol. The molecule has 5 rings (SSSR count). The van der Waals surface area contributed by atoms with E-state index >= 15 is 0 Å². The molecule has 10 heteroatoms. The van der Waals surface area contributed by atoms with Crippen molar-refractivity contribution >= 4 is 22.7 Å². The van der Waals surface area contributed by atoms with Gasteiger partial charge in [0.25, 0.3) is 17.2 Å². The number of nitrogens with zero attached hydrogens (tertiary/aromatic N) is 4. The minimum atomic E-state index is -0.298. The van der Waals surface area contributed by atoms with Gasteiger partial charge in [-0.15, -0.1) is 0 Å². The van der Waals surface area contributed by atoms with E-state index in [0.29, 0.717) is 53.8 Å². The van der Waals surface area contributed by atoms with Gasteiger partial charge in [-0.3, -0.25) is 14.2 Å². The van der Waals surface area contributed by atoms with Crippen LogP contribution in [-0.4, -0.2) is 54.6 Å². The Morgan fingerprint density at radius 1 is 1.00 bits per heavy atom. The summed E-state index contributed by atoms with van der Waals surface area (Å²) >= 11 is 0. The van der Waals surface area contributed by atoms with Crippen LogP contribution in [0.5, 0.6) is 11.5 Å². The third-order valence-corrected chi connectivity index (χ3v) is 5.96. The molecule has 4 aromatic rings. The molecule has 0 spiro atoms. The smallest absolute Gasteiger partial charge is 0.271 e. The van der Waals surface area contributed by atoms with E-state index in [1.165, 1.54) is 0 Å². The van der Waals surface area contributed by atoms with E-state index in [4.69, 9.17) is 18.7 Å². The Balaban J connectivity index is 1.62. The highest BCUT2D eigenvalue weighted by Crippen LogP contribution is 2.34. The van der Waals surface area contributed by atoms with Gasteiger partial charge >= 0.3 is 0 Å². The molecule has 0 saturated carbocycles. The van der Waals surface area contributed by atoms with Gasteiger partial charge in [0.15, 0.2) is 11.5 Å². The molecule has 2 aromatic heterocycles. The molecule has 0 radical (unpaired) electrons. The van der Waals surface area contributed by atoms with E-state index in [-0.39, 0.29) is 29.2 Å². The number of morpholine rings is 1. The van der Waals surface area contributed by atoms with Crippen LogP contribution in [0.3, 0.4) is 0 Å². The van der Waals surface area contributed by atoms with Crippen molar-refractivity contribution in [3.8, 4) is 28.4 Å². The summed E-state index contributed by atoms with van der Waals surface area (Å²) < 4.78 is 22.9. The molecule has 1 saturated heterocycles. The molecule has 1 aliphatic heterocycles. The van der Waals surface area contributed by atoms with Crippen molar-refractivity contribution in [1.29, 1.82) is 0 Å². The molecule has 0 atom stereocenters. The Hall–Kier alpha value is -4.18. The van der Waals surface area contributed by atoms with Crippen molar-refractivity contribution in [2.75, 3.05) is 38.9 Å². The molecular formula is C25H24N4O6. The largest absolute Gasteiger partial charge is 0.493 e. The number of amides is 1. The number of carbonyl (C=O) groups excluding carboxylic acids is 1. The second-order valence-corrected chi connectivity index (χ2v) is 7.92. The third kappa shape index (κ3) is 3.91. The van der Waals surface area contributed by atoms with Gasteiger partial charge in [-0.05, 0) is 42.5 Å². The maximum absolute atomic E-state index is 13.8. The topological polar surface area (TPSA) is 109 Å². The lowest BCUT2D eigenvalue weighted by molar-refractivity contribution is -0.125. The van der Waals surface area contributed by atoms with Gasteiger partial charge < -0.3 is 23.6 Å². The maximum atomic E-state index is 13.8. The molecule has 3 heterocycles. The first kappa shape index (κ1) is 22.6. The zero-order chi connectivity index (χ0) is 24.5. The van der Waals surface area contributed by atoms with Crippen LogP contribution in [0.1, 0.15) is 12.7 Å². The highest BCUT2D eigenvalue weighted by Gasteiger charge is 2.23. The molecule has 1 amide bonds. The van der Waals surface area contributed by atoms with Crippen LogP contribution in [0.15, 0.2) is 51.8 Å². The number of aromatic nitrogens is 3. The van der Waals surface area contributed by atoms with E-state index in [2.05, 4.69) is 10.1 Å². The molecule has 0 aliphatic carbocycles. The molecule has 1 aliphatic rings. The fourth-order valence-corrected chi connectivity index (χ4v) is 4.20. The quantitative estimate of drug-likeness (QED) is 0.418. The summed E-state index contributed by atoms with van der Waals surface area (Å²) in [6.07, 6.45) is 0.501. The summed E-state index contributed by atoms with van der Waals surface area (Å²) in [5.41, 5.74) is 2.25. The molecule has 0 N–H and O–H groups in total. The molecule has 1 fully saturated rings. The van der Waals surface area contributed by atoms with Crippen LogP contribution < -0.4 is 19.9 Å². The number of methoxy groups -OCH3 is 2. The molecule has 0 bridgehead atoms. The van der Waals surface area contributed by atoms with E-state index < -0.39 is 0 Å². The number of fused-ring (bicyclic) bond motifs is 1. The maximum Gasteiger partial charge on any atom is 0.271 e. The van der Waals surface area contributed by atoms with Crippen molar-refractivity contribution in [1.82, 2.24) is 14.7 Å². The van der Waals surface area contributed by atoms with Crippen molar-refractivity contribution in [3.05, 3.63) is 58.6 Å². The van der Waals surface area contributed by atoms with Crippen molar-refractivity contribution in [2.24, 2.45) is 0 Å². The number of carbonyl (C=O) groups is 1. The first-order valence-electron chi connectivity index (χ1n) is 11.2. The first-order valence-corrected chi connectivity index (χ1v) is 11.2. The average Bonchev–Trinajstić information content (AvgIpc) is 3.33. The van der Waals surface area contributed by atoms with Crippen LogP contribution >= 0.6 is 0 Å². The second kappa shape index (κ2) is 9.22. The van der Waals surface area contributed by atoms with Gasteiger partial charge in [-0.25, -0.2) is 0 Å². The monoisotopic (exact) mass is 476 g/mol. The lowest BCUT2D eigenvalue weighted by Gasteiger charge is -2.27. The molecular weight excluding hydrogens is 452 g/mol. The number of hydrogen-bond donors (Lipinski definition) is 0. The van der Waals surface area contributed by atoms with Gasteiger partial charge in [-0.1, -0.05) is 12.1 Å². The number of benzene rings is 2. The summed E-state index contributed by atoms with van der Waals surface area (Å²) in [5.74, 6) is 1.51. The SMILES string of the molecule is CCc1nc2onc(-c3ccc(OC)c(OC)c3)c2c(=O)n1-c1ccc(N2CCOCC2=O)cc1. The van der Waals surface area contributed by atoms with Gasteiger partial charge in [0.05, 0.1) is 26.5 Å². The molecule has 10 nitrogen and oxygen atoms in total. The van der Waals surface area contributed by atoms with Gasteiger partial charge in [0.2, 0.25) is 0 Å². The first-order chi connectivity index (χ1) is 17.0. The Kier molecular flexibility index (Phi) is 5.96. The predicted molar refractivity (Wildman–Crippen MR) is 128 cm³/mol. The number of anilines is 1. The lowest BCUT2D eigenvalue weighted by atomic mass is 10.1. The number of hydrogen-bond acceptors (Lipinski definition) is 8. The Bertz CT molecular complexity index is 1460. The summed E-state index contributed by atoms with van der Waals surface area (Å²) in [7, 11) is 3.09. The Morgan fingerprint density at radius 3 is 2.43 bits per heavy atom. The number of ether oxygens (including phenoxy) is 3. The zero-order valence-electron chi connectivity index (χ0n) is 19.6. The van der Waals surface area contributed by atoms with E-state index in [0.717, 1.165) is 5.69 Å². The minimum absolute atomic E-state index is 0.0637. The van der Waals surface area contributed by atoms with Crippen LogP contribution in [-0.2, 0) is 16.0 Å². The van der Waals surface area contributed by atoms with Gasteiger partial charge in [0, 0.05) is 24.2 Å². The lowest BCUT2D eigenvalue weighted by Crippen LogP contribution is -2.41. The normalized spacial score (nSPS) is 13.9. The number of rotatable bonds is 6. The highest BCUT2D eigenvalue weighted by atomic mass is 16.5. The molecule has 35 heavy (non-hydrogen) atoms. The summed E-state index contributed by atoms with van der Waals surface area (Å²) in [5, 5.41) is 4.41. The highest BCUT2D eigenvalue weighted by molar-refractivity contribution is 5.95. The van der Waals surface area contributed by atoms with Gasteiger partial charge in [0.1, 0.15) is 23.5 Å². The molecule has 180 valence electrons. The van der Waals surface area contributed by atoms with Crippen LogP contribution in [0.4, 0.5) is 5.69 Å². The van der Waals surface area contributed by atoms with Crippen molar-refractivity contribution in [3.63, 3.8) is 0 Å². The van der Waals surface area contributed by atoms with Crippen LogP contribution in [0.2, 0.25) is 0 Å². The standard InChI is InChI=1S/C25H24N4O6/c1-4-20-26-24-22(23(27-35-24)15-5-10-18(32-2)19(13-15)33-3)25(31)29(20)17-8-6-16(7-9-17)28-11-12-34-14-21(28)30/h5-10,13H,4,11-12,14H2,1-3H3. The van der Waals surface area contributed by atoms with Gasteiger partial charge in [-0.2, -0.15) is 4.98 Å². The molecule has 0 unspecified atom stereocenters. The molecule has 2 aromatic carbocycles. The van der Waals surface area contributed by atoms with E-state index in [1.54, 1.807) is 54.0 Å². The van der Waals surface area contributed by atoms with E-state index in [9.17, 15) is 9.59 Å². The zero-order valence-corrected chi connectivity index (χ0v) is 19.6. The number of aryl methyl sites for hydroxylation is 1. The second-order valence-electron chi connectivity index (χ2n) is 7.92. The van der Waals surface area contributed by atoms with Crippen molar-refractivity contribution in [2.45, 2.75) is 13.3 Å². The fourth-order valence-electron chi connectivity index (χ4n) is 4.20.